The molecule has 0 spiro atoms. The fraction of sp³-hybridized carbons (Fsp3) is 0. The van der Waals surface area contributed by atoms with Crippen LogP contribution in [0.4, 0.5) is 0 Å². The summed E-state index contributed by atoms with van der Waals surface area (Å²) in [6, 6.07) is 0. The van der Waals surface area contributed by atoms with Crippen LogP contribution in [0.2, 0.25) is 0 Å². The Hall–Kier alpha value is 1.55. The van der Waals surface area contributed by atoms with Crippen molar-refractivity contribution in [3.8, 4) is 0 Å². The summed E-state index contributed by atoms with van der Waals surface area (Å²) in [7, 11) is -53.7. The van der Waals surface area contributed by atoms with E-state index in [0.717, 1.165) is 0 Å². The van der Waals surface area contributed by atoms with Crippen LogP contribution in [0.1, 0.15) is 0 Å². The topological polar surface area (TPSA) is 555 Å². The second kappa shape index (κ2) is 22.3. The van der Waals surface area contributed by atoms with Gasteiger partial charge in [0.15, 0.2) is 0 Å². The molecule has 0 unspecified atom stereocenters. The Balaban J connectivity index is -0.0000000697. The van der Waals surface area contributed by atoms with E-state index >= 15 is 0 Å². The normalized spacial score (nSPS) is 12.9. The minimum Gasteiger partial charge on any atom is -0.790 e. The van der Waals surface area contributed by atoms with Gasteiger partial charge in [0.1, 0.15) is 0 Å². The SMILES string of the molecule is O=P([O-])([O-])OP(=O)([O-])OP(=O)([O-])[O-].O=P([O-])([O-])OP(=O)([O-])OP(=O)([O-])[O-].O=P([O-])([O-])OP(=O)([O-])OP(=O)([O-])[O-].[B+3].[B+3].[B+3].[B+3].[B+3]. The van der Waals surface area contributed by atoms with Crippen LogP contribution in [0, 0.1) is 0 Å². The predicted octanol–water partition coefficient (Wildman–Crippen LogP) is -13.5. The van der Waals surface area contributed by atoms with E-state index in [2.05, 4.69) is 25.9 Å². The summed E-state index contributed by atoms with van der Waals surface area (Å²) < 4.78 is 104. The zero-order valence-corrected chi connectivity index (χ0v) is 27.2. The predicted molar refractivity (Wildman–Crippen MR) is 104 cm³/mol. The van der Waals surface area contributed by atoms with Crippen molar-refractivity contribution < 1.29 is 140 Å². The number of phosphoric acid groups is 9. The van der Waals surface area contributed by atoms with Gasteiger partial charge in [-0.05, 0) is 0 Å². The van der Waals surface area contributed by atoms with Crippen LogP contribution in [0.3, 0.4) is 0 Å². The van der Waals surface area contributed by atoms with Crippen molar-refractivity contribution in [1.82, 2.24) is 0 Å². The molecule has 0 heterocycles. The molecule has 240 valence electrons. The van der Waals surface area contributed by atoms with Crippen molar-refractivity contribution in [3.63, 3.8) is 0 Å². The van der Waals surface area contributed by atoms with E-state index < -0.39 is 70.4 Å². The molecule has 44 heteroatoms. The van der Waals surface area contributed by atoms with Gasteiger partial charge in [-0.3, -0.25) is 39.6 Å². The van der Waals surface area contributed by atoms with Crippen LogP contribution >= 0.6 is 70.4 Å². The van der Waals surface area contributed by atoms with E-state index in [1.54, 1.807) is 0 Å². The second-order valence-corrected chi connectivity index (χ2v) is 16.5. The maximum Gasteiger partial charge on any atom is 3.00 e. The first-order valence-corrected chi connectivity index (χ1v) is 19.7. The third-order valence-corrected chi connectivity index (χ3v) is 10.8. The van der Waals surface area contributed by atoms with Crippen LogP contribution < -0.4 is 73.4 Å². The van der Waals surface area contributed by atoms with Gasteiger partial charge in [0.05, 0.1) is 46.9 Å². The first-order chi connectivity index (χ1) is 16.2. The minimum absolute atomic E-state index is 0. The molecule has 0 atom stereocenters. The van der Waals surface area contributed by atoms with Gasteiger partial charge in [-0.2, -0.15) is 0 Å². The van der Waals surface area contributed by atoms with Gasteiger partial charge in [0.2, 0.25) is 0 Å². The average molecular weight is 813 g/mol. The Kier molecular flexibility index (Phi) is 32.5. The van der Waals surface area contributed by atoms with Gasteiger partial charge in [-0.15, -0.1) is 0 Å². The quantitative estimate of drug-likeness (QED) is 0.130. The Morgan fingerprint density at radius 1 is 0.227 bits per heavy atom. The van der Waals surface area contributed by atoms with E-state index in [9.17, 15) is 114 Å². The molecule has 0 aliphatic heterocycles. The molecule has 0 radical (unpaired) electrons. The third kappa shape index (κ3) is 55.9. The summed E-state index contributed by atoms with van der Waals surface area (Å²) in [5.74, 6) is 0. The Morgan fingerprint density at radius 2 is 0.295 bits per heavy atom. The van der Waals surface area contributed by atoms with Gasteiger partial charge in [-0.1, -0.05) is 0 Å². The monoisotopic (exact) mass is 814 g/mol. The van der Waals surface area contributed by atoms with Crippen LogP contribution in [-0.4, -0.2) is 42.1 Å². The van der Waals surface area contributed by atoms with Crippen molar-refractivity contribution in [2.24, 2.45) is 0 Å². The van der Waals surface area contributed by atoms with Crippen LogP contribution in [0.15, 0.2) is 0 Å². The Bertz CT molecular complexity index is 991. The molecule has 0 aliphatic carbocycles. The fourth-order valence-electron chi connectivity index (χ4n) is 0.780. The van der Waals surface area contributed by atoms with Gasteiger partial charge in [-0.25, -0.2) is 0 Å². The van der Waals surface area contributed by atoms with Crippen molar-refractivity contribution in [3.05, 3.63) is 0 Å². The van der Waals surface area contributed by atoms with Gasteiger partial charge in [0.25, 0.3) is 23.5 Å². The zero-order chi connectivity index (χ0) is 32.7. The van der Waals surface area contributed by atoms with E-state index in [1.165, 1.54) is 0 Å². The molecule has 44 heavy (non-hydrogen) atoms. The van der Waals surface area contributed by atoms with Gasteiger partial charge >= 0.3 is 42.1 Å². The smallest absolute Gasteiger partial charge is 0.790 e. The molecule has 0 fully saturated rings. The Labute approximate surface area is 253 Å². The summed E-state index contributed by atoms with van der Waals surface area (Å²) in [4.78, 5) is 146. The van der Waals surface area contributed by atoms with Gasteiger partial charge in [0, 0.05) is 0 Å². The van der Waals surface area contributed by atoms with Crippen molar-refractivity contribution in [2.45, 2.75) is 0 Å². The molecule has 0 bridgehead atoms. The first kappa shape index (κ1) is 64.1. The number of hydrogen-bond acceptors (Lipinski definition) is 30. The van der Waals surface area contributed by atoms with Crippen LogP contribution in [0.25, 0.3) is 0 Å². The molecule has 0 aromatic carbocycles. The van der Waals surface area contributed by atoms with E-state index in [1.807, 2.05) is 0 Å². The average Bonchev–Trinajstić information content (AvgIpc) is 2.28. The molecule has 0 N–H and O–H groups in total. The minimum atomic E-state index is -5.97. The molecule has 0 aromatic rings. The van der Waals surface area contributed by atoms with E-state index in [0.29, 0.717) is 0 Å². The largest absolute Gasteiger partial charge is 3.00 e. The standard InChI is InChI=1S/5B.3H5O10P3/c;;;;;3*1-11(2,3)9-13(7,8)10-12(4,5)6/h;;;;;3*(H,7,8)(H2,1,2,3)(H2,4,5,6)/q5*+3;;;/p-15. The van der Waals surface area contributed by atoms with E-state index in [-0.39, 0.29) is 42.1 Å². The zero-order valence-electron chi connectivity index (χ0n) is 19.2. The second-order valence-electron chi connectivity index (χ2n) is 4.51. The number of rotatable bonds is 12. The molecular formula is B5O30P9. The summed E-state index contributed by atoms with van der Waals surface area (Å²) in [6.07, 6.45) is 0. The fourth-order valence-corrected chi connectivity index (χ4v) is 7.82. The number of hydrogen-bond donors (Lipinski definition) is 0. The Morgan fingerprint density at radius 3 is 0.341 bits per heavy atom. The molecule has 30 nitrogen and oxygen atoms in total. The molecule has 0 rings (SSSR count). The molecule has 0 saturated heterocycles. The molecule has 0 saturated carbocycles. The van der Waals surface area contributed by atoms with Gasteiger partial charge < -0.3 is 101 Å². The molecule has 0 amide bonds. The first-order valence-electron chi connectivity index (χ1n) is 6.57. The maximum absolute atomic E-state index is 10.1. The third-order valence-electron chi connectivity index (χ3n) is 1.20. The molecular weight excluding hydrogens is 813 g/mol. The van der Waals surface area contributed by atoms with Crippen molar-refractivity contribution >= 4 is 112 Å². The molecule has 0 aromatic heterocycles. The summed E-state index contributed by atoms with van der Waals surface area (Å²) in [5.41, 5.74) is 0. The molecule has 0 aliphatic rings. The van der Waals surface area contributed by atoms with Crippen LogP contribution in [0.5, 0.6) is 0 Å². The summed E-state index contributed by atoms with van der Waals surface area (Å²) in [6.45, 7) is 0. The van der Waals surface area contributed by atoms with Crippen LogP contribution in [-0.2, 0) is 66.9 Å². The van der Waals surface area contributed by atoms with Crippen molar-refractivity contribution in [1.29, 1.82) is 0 Å². The van der Waals surface area contributed by atoms with Crippen molar-refractivity contribution in [2.75, 3.05) is 0 Å². The van der Waals surface area contributed by atoms with E-state index in [4.69, 9.17) is 0 Å². The maximum atomic E-state index is 10.1. The summed E-state index contributed by atoms with van der Waals surface area (Å²) in [5, 5.41) is 0. The summed E-state index contributed by atoms with van der Waals surface area (Å²) >= 11 is 0.